The van der Waals surface area contributed by atoms with Crippen molar-refractivity contribution >= 4 is 0 Å². The lowest BCUT2D eigenvalue weighted by Gasteiger charge is -2.22. The van der Waals surface area contributed by atoms with Crippen molar-refractivity contribution in [2.24, 2.45) is 0 Å². The van der Waals surface area contributed by atoms with Crippen molar-refractivity contribution in [2.45, 2.75) is 13.0 Å². The van der Waals surface area contributed by atoms with Gasteiger partial charge in [-0.15, -0.1) is 0 Å². The number of hydrogen-bond donors (Lipinski definition) is 2. The Labute approximate surface area is 74.4 Å². The summed E-state index contributed by atoms with van der Waals surface area (Å²) in [6.45, 7) is 1.49. The van der Waals surface area contributed by atoms with E-state index in [1.54, 1.807) is 0 Å². The van der Waals surface area contributed by atoms with Gasteiger partial charge in [-0.25, -0.2) is 4.79 Å². The highest BCUT2D eigenvalue weighted by Crippen LogP contribution is 2.09. The normalized spacial score (nSPS) is 17.0. The summed E-state index contributed by atoms with van der Waals surface area (Å²) in [5, 5.41) is 0. The van der Waals surface area contributed by atoms with Crippen LogP contribution in [0.25, 0.3) is 0 Å². The van der Waals surface area contributed by atoms with Crippen molar-refractivity contribution < 1.29 is 0 Å². The predicted molar refractivity (Wildman–Crippen MR) is 47.7 cm³/mol. The number of aromatic nitrogens is 2. The Morgan fingerprint density at radius 3 is 2.85 bits per heavy atom. The van der Waals surface area contributed by atoms with Crippen molar-refractivity contribution in [3.63, 3.8) is 0 Å². The maximum absolute atomic E-state index is 11.3. The molecule has 0 aliphatic carbocycles. The number of likely N-dealkylation sites (N-methyl/N-ethyl adjacent to an activating group) is 1. The number of H-pyrrole nitrogens is 2. The van der Waals surface area contributed by atoms with Crippen molar-refractivity contribution in [3.8, 4) is 0 Å². The number of nitrogens with one attached hydrogen (secondary N) is 2. The first-order valence-corrected chi connectivity index (χ1v) is 4.20. The highest BCUT2D eigenvalue weighted by molar-refractivity contribution is 5.18. The van der Waals surface area contributed by atoms with Crippen LogP contribution in [0.1, 0.15) is 11.3 Å². The standard InChI is InChI=1S/C8H11N3O2/c1-11-3-2-6-5(4-11)7(12)10-8(13)9-6/h2-4H2,1H3,(H2,9,10,12,13). The molecule has 70 valence electrons. The Hall–Kier alpha value is -1.36. The van der Waals surface area contributed by atoms with Gasteiger partial charge < -0.3 is 9.88 Å². The predicted octanol–water partition coefficient (Wildman–Crippen LogP) is -0.949. The number of hydrogen-bond acceptors (Lipinski definition) is 3. The van der Waals surface area contributed by atoms with Gasteiger partial charge in [-0.3, -0.25) is 9.78 Å². The minimum atomic E-state index is -0.409. The van der Waals surface area contributed by atoms with E-state index in [0.29, 0.717) is 12.1 Å². The summed E-state index contributed by atoms with van der Waals surface area (Å²) in [5.41, 5.74) is 0.804. The van der Waals surface area contributed by atoms with Crippen molar-refractivity contribution in [1.82, 2.24) is 14.9 Å². The average molecular weight is 181 g/mol. The number of rotatable bonds is 0. The first kappa shape index (κ1) is 8.25. The summed E-state index contributed by atoms with van der Waals surface area (Å²) in [6, 6.07) is 0. The minimum Gasteiger partial charge on any atom is -0.311 e. The van der Waals surface area contributed by atoms with Crippen LogP contribution in [0, 0.1) is 0 Å². The number of aromatic amines is 2. The monoisotopic (exact) mass is 181 g/mol. The Morgan fingerprint density at radius 1 is 1.31 bits per heavy atom. The molecule has 0 saturated carbocycles. The smallest absolute Gasteiger partial charge is 0.311 e. The molecule has 0 unspecified atom stereocenters. The van der Waals surface area contributed by atoms with Crippen LogP contribution in [0.3, 0.4) is 0 Å². The van der Waals surface area contributed by atoms with E-state index in [9.17, 15) is 9.59 Å². The van der Waals surface area contributed by atoms with E-state index in [1.807, 2.05) is 7.05 Å². The summed E-state index contributed by atoms with van der Waals surface area (Å²) in [6.07, 6.45) is 0.741. The van der Waals surface area contributed by atoms with E-state index in [2.05, 4.69) is 14.9 Å². The van der Waals surface area contributed by atoms with E-state index in [0.717, 1.165) is 18.7 Å². The fraction of sp³-hybridized carbons (Fsp3) is 0.500. The molecule has 5 nitrogen and oxygen atoms in total. The molecule has 0 fully saturated rings. The maximum Gasteiger partial charge on any atom is 0.325 e. The van der Waals surface area contributed by atoms with Gasteiger partial charge in [0.25, 0.3) is 5.56 Å². The number of nitrogens with zero attached hydrogens (tertiary/aromatic N) is 1. The van der Waals surface area contributed by atoms with Gasteiger partial charge in [0.2, 0.25) is 0 Å². The molecule has 0 bridgehead atoms. The highest BCUT2D eigenvalue weighted by atomic mass is 16.2. The van der Waals surface area contributed by atoms with Crippen LogP contribution >= 0.6 is 0 Å². The van der Waals surface area contributed by atoms with Crippen molar-refractivity contribution in [1.29, 1.82) is 0 Å². The second kappa shape index (κ2) is 2.85. The Balaban J connectivity index is 2.60. The molecule has 0 radical (unpaired) electrons. The van der Waals surface area contributed by atoms with Crippen LogP contribution < -0.4 is 11.2 Å². The molecule has 1 aromatic heterocycles. The first-order valence-electron chi connectivity index (χ1n) is 4.20. The molecule has 5 heteroatoms. The highest BCUT2D eigenvalue weighted by Gasteiger charge is 2.16. The van der Waals surface area contributed by atoms with Gasteiger partial charge in [0.1, 0.15) is 0 Å². The first-order chi connectivity index (χ1) is 6.16. The van der Waals surface area contributed by atoms with Gasteiger partial charge in [0, 0.05) is 25.2 Å². The second-order valence-electron chi connectivity index (χ2n) is 3.35. The molecule has 1 aliphatic rings. The fourth-order valence-electron chi connectivity index (χ4n) is 1.59. The summed E-state index contributed by atoms with van der Waals surface area (Å²) < 4.78 is 0. The Kier molecular flexibility index (Phi) is 1.81. The van der Waals surface area contributed by atoms with Gasteiger partial charge >= 0.3 is 5.69 Å². The summed E-state index contributed by atoms with van der Waals surface area (Å²) >= 11 is 0. The molecule has 1 aliphatic heterocycles. The summed E-state index contributed by atoms with van der Waals surface area (Å²) in [7, 11) is 1.95. The quantitative estimate of drug-likeness (QED) is 0.542. The molecule has 0 aromatic carbocycles. The molecule has 2 N–H and O–H groups in total. The lowest BCUT2D eigenvalue weighted by Crippen LogP contribution is -2.36. The molecule has 2 heterocycles. The molecule has 0 saturated heterocycles. The minimum absolute atomic E-state index is 0.259. The third-order valence-electron chi connectivity index (χ3n) is 2.30. The maximum atomic E-state index is 11.3. The van der Waals surface area contributed by atoms with Crippen LogP contribution in [-0.4, -0.2) is 28.5 Å². The molecule has 0 atom stereocenters. The fourth-order valence-corrected chi connectivity index (χ4v) is 1.59. The molecule has 0 spiro atoms. The van der Waals surface area contributed by atoms with Crippen molar-refractivity contribution in [2.75, 3.05) is 13.6 Å². The Bertz CT molecular complexity index is 432. The van der Waals surface area contributed by atoms with Gasteiger partial charge in [-0.2, -0.15) is 0 Å². The third-order valence-corrected chi connectivity index (χ3v) is 2.30. The zero-order chi connectivity index (χ0) is 9.42. The zero-order valence-electron chi connectivity index (χ0n) is 7.39. The molecular formula is C8H11N3O2. The topological polar surface area (TPSA) is 69.0 Å². The van der Waals surface area contributed by atoms with Gasteiger partial charge in [0.05, 0.1) is 5.56 Å². The third kappa shape index (κ3) is 1.42. The second-order valence-corrected chi connectivity index (χ2v) is 3.35. The SMILES string of the molecule is CN1CCc2[nH]c(=O)[nH]c(=O)c2C1. The van der Waals surface area contributed by atoms with E-state index in [-0.39, 0.29) is 5.56 Å². The molecular weight excluding hydrogens is 170 g/mol. The van der Waals surface area contributed by atoms with E-state index < -0.39 is 5.69 Å². The lowest BCUT2D eigenvalue weighted by molar-refractivity contribution is 0.307. The van der Waals surface area contributed by atoms with Crippen LogP contribution in [0.5, 0.6) is 0 Å². The van der Waals surface area contributed by atoms with E-state index in [4.69, 9.17) is 0 Å². The Morgan fingerprint density at radius 2 is 2.08 bits per heavy atom. The van der Waals surface area contributed by atoms with Crippen LogP contribution in [0.2, 0.25) is 0 Å². The lowest BCUT2D eigenvalue weighted by atomic mass is 10.1. The zero-order valence-corrected chi connectivity index (χ0v) is 7.39. The molecule has 2 rings (SSSR count). The van der Waals surface area contributed by atoms with Crippen LogP contribution in [0.4, 0.5) is 0 Å². The number of fused-ring (bicyclic) bond motifs is 1. The van der Waals surface area contributed by atoms with Gasteiger partial charge in [-0.05, 0) is 7.05 Å². The average Bonchev–Trinajstić information content (AvgIpc) is 2.06. The summed E-state index contributed by atoms with van der Waals surface area (Å²) in [4.78, 5) is 29.2. The molecule has 0 amide bonds. The van der Waals surface area contributed by atoms with E-state index >= 15 is 0 Å². The molecule has 1 aromatic rings. The van der Waals surface area contributed by atoms with E-state index in [1.165, 1.54) is 0 Å². The summed E-state index contributed by atoms with van der Waals surface area (Å²) in [5.74, 6) is 0. The van der Waals surface area contributed by atoms with Crippen LogP contribution in [-0.2, 0) is 13.0 Å². The largest absolute Gasteiger partial charge is 0.325 e. The van der Waals surface area contributed by atoms with Gasteiger partial charge in [0.15, 0.2) is 0 Å². The van der Waals surface area contributed by atoms with Crippen LogP contribution in [0.15, 0.2) is 9.59 Å². The van der Waals surface area contributed by atoms with Crippen molar-refractivity contribution in [3.05, 3.63) is 32.1 Å². The molecule has 13 heavy (non-hydrogen) atoms. The van der Waals surface area contributed by atoms with Gasteiger partial charge in [-0.1, -0.05) is 0 Å².